The highest BCUT2D eigenvalue weighted by atomic mass is 16.4. The van der Waals surface area contributed by atoms with E-state index in [0.29, 0.717) is 17.9 Å². The first-order valence-electron chi connectivity index (χ1n) is 7.60. The van der Waals surface area contributed by atoms with Crippen LogP contribution in [0.25, 0.3) is 0 Å². The SMILES string of the molecule is Cc1oc(NC(=O)CN2CCCC2C(=O)N(C)C)c(C#N)c1C. The molecular weight excluding hydrogens is 296 g/mol. The summed E-state index contributed by atoms with van der Waals surface area (Å²) in [5.74, 6) is 0.521. The van der Waals surface area contributed by atoms with Gasteiger partial charge in [0.05, 0.1) is 12.6 Å². The van der Waals surface area contributed by atoms with E-state index < -0.39 is 0 Å². The summed E-state index contributed by atoms with van der Waals surface area (Å²) in [7, 11) is 3.43. The molecule has 23 heavy (non-hydrogen) atoms. The van der Waals surface area contributed by atoms with E-state index in [1.54, 1.807) is 32.8 Å². The van der Waals surface area contributed by atoms with Crippen molar-refractivity contribution < 1.29 is 14.0 Å². The van der Waals surface area contributed by atoms with Crippen LogP contribution in [-0.2, 0) is 9.59 Å². The molecule has 124 valence electrons. The second kappa shape index (κ2) is 6.84. The summed E-state index contributed by atoms with van der Waals surface area (Å²) in [4.78, 5) is 27.8. The van der Waals surface area contributed by atoms with Gasteiger partial charge in [-0.1, -0.05) is 0 Å². The molecule has 1 aliphatic heterocycles. The Bertz CT molecular complexity index is 657. The summed E-state index contributed by atoms with van der Waals surface area (Å²) in [6.07, 6.45) is 1.65. The number of nitriles is 1. The Hall–Kier alpha value is -2.33. The lowest BCUT2D eigenvalue weighted by Gasteiger charge is -2.25. The van der Waals surface area contributed by atoms with E-state index in [4.69, 9.17) is 9.68 Å². The molecule has 0 spiro atoms. The Labute approximate surface area is 135 Å². The molecular formula is C16H22N4O3. The van der Waals surface area contributed by atoms with Crippen molar-refractivity contribution in [3.63, 3.8) is 0 Å². The molecule has 2 amide bonds. The number of aryl methyl sites for hydroxylation is 1. The van der Waals surface area contributed by atoms with Gasteiger partial charge in [0.15, 0.2) is 0 Å². The molecule has 1 unspecified atom stereocenters. The topological polar surface area (TPSA) is 89.6 Å². The fraction of sp³-hybridized carbons (Fsp3) is 0.562. The third-order valence-corrected chi connectivity index (χ3v) is 4.19. The molecule has 1 N–H and O–H groups in total. The van der Waals surface area contributed by atoms with E-state index in [-0.39, 0.29) is 30.3 Å². The fourth-order valence-corrected chi connectivity index (χ4v) is 2.79. The lowest BCUT2D eigenvalue weighted by atomic mass is 10.2. The zero-order valence-corrected chi connectivity index (χ0v) is 14.0. The Kier molecular flexibility index (Phi) is 5.06. The third kappa shape index (κ3) is 3.54. The molecule has 1 fully saturated rings. The van der Waals surface area contributed by atoms with Gasteiger partial charge in [-0.2, -0.15) is 5.26 Å². The largest absolute Gasteiger partial charge is 0.444 e. The van der Waals surface area contributed by atoms with Gasteiger partial charge in [0, 0.05) is 19.7 Å². The van der Waals surface area contributed by atoms with E-state index in [9.17, 15) is 9.59 Å². The zero-order valence-electron chi connectivity index (χ0n) is 14.0. The highest BCUT2D eigenvalue weighted by molar-refractivity contribution is 5.93. The Balaban J connectivity index is 2.04. The van der Waals surface area contributed by atoms with Crippen molar-refractivity contribution in [2.45, 2.75) is 32.7 Å². The second-order valence-corrected chi connectivity index (χ2v) is 6.01. The van der Waals surface area contributed by atoms with Gasteiger partial charge < -0.3 is 9.32 Å². The summed E-state index contributed by atoms with van der Waals surface area (Å²) in [5, 5.41) is 11.8. The summed E-state index contributed by atoms with van der Waals surface area (Å²) in [6, 6.07) is 1.78. The number of hydrogen-bond acceptors (Lipinski definition) is 5. The Morgan fingerprint density at radius 1 is 1.43 bits per heavy atom. The maximum Gasteiger partial charge on any atom is 0.240 e. The monoisotopic (exact) mass is 318 g/mol. The van der Waals surface area contributed by atoms with Crippen LogP contribution in [0.2, 0.25) is 0 Å². The molecule has 1 atom stereocenters. The molecule has 1 aliphatic rings. The van der Waals surface area contributed by atoms with Gasteiger partial charge in [0.25, 0.3) is 0 Å². The summed E-state index contributed by atoms with van der Waals surface area (Å²) < 4.78 is 5.44. The molecule has 0 saturated carbocycles. The van der Waals surface area contributed by atoms with Gasteiger partial charge in [0.1, 0.15) is 17.4 Å². The molecule has 1 aromatic heterocycles. The lowest BCUT2D eigenvalue weighted by Crippen LogP contribution is -2.45. The number of likely N-dealkylation sites (N-methyl/N-ethyl adjacent to an activating group) is 1. The first kappa shape index (κ1) is 17.0. The highest BCUT2D eigenvalue weighted by Crippen LogP contribution is 2.25. The van der Waals surface area contributed by atoms with Crippen molar-refractivity contribution in [3.05, 3.63) is 16.9 Å². The van der Waals surface area contributed by atoms with Crippen molar-refractivity contribution >= 4 is 17.7 Å². The van der Waals surface area contributed by atoms with Gasteiger partial charge in [-0.3, -0.25) is 19.8 Å². The van der Waals surface area contributed by atoms with E-state index in [1.807, 2.05) is 11.0 Å². The predicted molar refractivity (Wildman–Crippen MR) is 84.8 cm³/mol. The molecule has 0 aliphatic carbocycles. The van der Waals surface area contributed by atoms with Crippen LogP contribution in [0.3, 0.4) is 0 Å². The molecule has 7 nitrogen and oxygen atoms in total. The molecule has 1 saturated heterocycles. The van der Waals surface area contributed by atoms with Crippen molar-refractivity contribution in [2.24, 2.45) is 0 Å². The molecule has 0 bridgehead atoms. The molecule has 0 aromatic carbocycles. The van der Waals surface area contributed by atoms with Crippen LogP contribution < -0.4 is 5.32 Å². The average molecular weight is 318 g/mol. The Morgan fingerprint density at radius 2 is 2.13 bits per heavy atom. The molecule has 1 aromatic rings. The maximum atomic E-state index is 12.2. The van der Waals surface area contributed by atoms with Gasteiger partial charge in [-0.25, -0.2) is 0 Å². The van der Waals surface area contributed by atoms with Crippen molar-refractivity contribution in [1.82, 2.24) is 9.80 Å². The van der Waals surface area contributed by atoms with Crippen molar-refractivity contribution in [2.75, 3.05) is 32.5 Å². The number of likely N-dealkylation sites (tertiary alicyclic amines) is 1. The zero-order chi connectivity index (χ0) is 17.1. The van der Waals surface area contributed by atoms with Crippen LogP contribution in [0.4, 0.5) is 5.88 Å². The molecule has 2 rings (SSSR count). The first-order chi connectivity index (χ1) is 10.8. The van der Waals surface area contributed by atoms with Crippen LogP contribution in [-0.4, -0.2) is 54.8 Å². The quantitative estimate of drug-likeness (QED) is 0.902. The number of amides is 2. The van der Waals surface area contributed by atoms with Gasteiger partial charge in [-0.15, -0.1) is 0 Å². The molecule has 2 heterocycles. The summed E-state index contributed by atoms with van der Waals surface area (Å²) in [5.41, 5.74) is 1.07. The van der Waals surface area contributed by atoms with E-state index in [1.165, 1.54) is 0 Å². The number of rotatable bonds is 4. The number of nitrogens with one attached hydrogen (secondary N) is 1. The highest BCUT2D eigenvalue weighted by Gasteiger charge is 2.33. The van der Waals surface area contributed by atoms with Gasteiger partial charge in [-0.05, 0) is 33.2 Å². The number of anilines is 1. The van der Waals surface area contributed by atoms with Gasteiger partial charge in [0.2, 0.25) is 17.7 Å². The summed E-state index contributed by atoms with van der Waals surface area (Å²) in [6.45, 7) is 4.34. The van der Waals surface area contributed by atoms with E-state index >= 15 is 0 Å². The van der Waals surface area contributed by atoms with Crippen LogP contribution in [0, 0.1) is 25.2 Å². The number of hydrogen-bond donors (Lipinski definition) is 1. The fourth-order valence-electron chi connectivity index (χ4n) is 2.79. The first-order valence-corrected chi connectivity index (χ1v) is 7.60. The minimum absolute atomic E-state index is 0.0118. The molecule has 0 radical (unpaired) electrons. The lowest BCUT2D eigenvalue weighted by molar-refractivity contribution is -0.133. The Morgan fingerprint density at radius 3 is 2.74 bits per heavy atom. The van der Waals surface area contributed by atoms with Crippen molar-refractivity contribution in [1.29, 1.82) is 5.26 Å². The molecule has 7 heteroatoms. The third-order valence-electron chi connectivity index (χ3n) is 4.19. The number of carbonyl (C=O) groups excluding carboxylic acids is 2. The van der Waals surface area contributed by atoms with Gasteiger partial charge >= 0.3 is 0 Å². The van der Waals surface area contributed by atoms with Crippen LogP contribution in [0.15, 0.2) is 4.42 Å². The summed E-state index contributed by atoms with van der Waals surface area (Å²) >= 11 is 0. The second-order valence-electron chi connectivity index (χ2n) is 6.01. The van der Waals surface area contributed by atoms with Crippen molar-refractivity contribution in [3.8, 4) is 6.07 Å². The maximum absolute atomic E-state index is 12.2. The van der Waals surface area contributed by atoms with Crippen LogP contribution in [0.5, 0.6) is 0 Å². The number of carbonyl (C=O) groups is 2. The smallest absolute Gasteiger partial charge is 0.240 e. The standard InChI is InChI=1S/C16H22N4O3/c1-10-11(2)23-15(12(10)8-17)18-14(21)9-20-7-5-6-13(20)16(22)19(3)4/h13H,5-7,9H2,1-4H3,(H,18,21). The average Bonchev–Trinajstić information content (AvgIpc) is 3.03. The van der Waals surface area contributed by atoms with E-state index in [0.717, 1.165) is 18.4 Å². The van der Waals surface area contributed by atoms with Crippen LogP contribution >= 0.6 is 0 Å². The van der Waals surface area contributed by atoms with Crippen LogP contribution in [0.1, 0.15) is 29.7 Å². The number of nitrogens with zero attached hydrogens (tertiary/aromatic N) is 3. The normalized spacial score (nSPS) is 17.8. The minimum atomic E-state index is -0.284. The van der Waals surface area contributed by atoms with E-state index in [2.05, 4.69) is 5.32 Å². The predicted octanol–water partition coefficient (Wildman–Crippen LogP) is 1.26. The minimum Gasteiger partial charge on any atom is -0.444 e. The number of furan rings is 1.